The van der Waals surface area contributed by atoms with Gasteiger partial charge in [-0.3, -0.25) is 14.4 Å². The van der Waals surface area contributed by atoms with Crippen LogP contribution in [0, 0.1) is 5.82 Å². The van der Waals surface area contributed by atoms with Crippen LogP contribution in [-0.4, -0.2) is 71.4 Å². The highest BCUT2D eigenvalue weighted by molar-refractivity contribution is 5.98. The molecule has 0 saturated carbocycles. The van der Waals surface area contributed by atoms with E-state index in [4.69, 9.17) is 10.5 Å². The number of hydrogen-bond acceptors (Lipinski definition) is 5. The average Bonchev–Trinajstić information content (AvgIpc) is 3.12. The molecule has 2 aliphatic heterocycles. The summed E-state index contributed by atoms with van der Waals surface area (Å²) in [6.07, 6.45) is 1.32. The number of methoxy groups -OCH3 is 1. The fraction of sp³-hybridized carbons (Fsp3) is 0.433. The third-order valence-electron chi connectivity index (χ3n) is 7.57. The van der Waals surface area contributed by atoms with Crippen molar-refractivity contribution in [2.24, 2.45) is 5.73 Å². The minimum atomic E-state index is -1.16. The second-order valence-electron chi connectivity index (χ2n) is 11.0. The number of ether oxygens (including phenoxy) is 1. The first-order valence-corrected chi connectivity index (χ1v) is 13.2. The molecule has 2 aliphatic rings. The van der Waals surface area contributed by atoms with Crippen LogP contribution in [0.1, 0.15) is 38.3 Å². The number of aryl methyl sites for hydroxylation is 1. The standard InChI is InChI=1S/C30H37FN4O4.ClH/c1-20-25(39-4)30(18-22-10-13-23(31)14-11-22)19-34(16-17-35(30)26(20)36)27(37)24(33-28(38)29(2,3)32)15-12-21-8-6-5-7-9-21;/h5-11,13-14,24H,12,15-19,32H2,1-4H3,(H,33,38);1H/t24-,30+;/m1./s1. The van der Waals surface area contributed by atoms with Crippen LogP contribution < -0.4 is 11.1 Å². The van der Waals surface area contributed by atoms with E-state index in [0.29, 0.717) is 43.7 Å². The number of nitrogens with one attached hydrogen (secondary N) is 1. The van der Waals surface area contributed by atoms with Gasteiger partial charge in [0.2, 0.25) is 11.8 Å². The molecule has 0 spiro atoms. The maximum atomic E-state index is 14.0. The number of benzene rings is 2. The van der Waals surface area contributed by atoms with Gasteiger partial charge in [-0.1, -0.05) is 42.5 Å². The van der Waals surface area contributed by atoms with Gasteiger partial charge >= 0.3 is 0 Å². The number of nitrogens with two attached hydrogens (primary N) is 1. The third kappa shape index (κ3) is 6.31. The quantitative estimate of drug-likeness (QED) is 0.481. The largest absolute Gasteiger partial charge is 0.498 e. The average molecular weight is 573 g/mol. The van der Waals surface area contributed by atoms with Crippen molar-refractivity contribution in [3.05, 3.63) is 82.9 Å². The fourth-order valence-electron chi connectivity index (χ4n) is 5.53. The van der Waals surface area contributed by atoms with E-state index in [1.807, 2.05) is 30.3 Å². The number of carbonyl (C=O) groups excluding carboxylic acids is 3. The van der Waals surface area contributed by atoms with Crippen LogP contribution in [-0.2, 0) is 32.0 Å². The highest BCUT2D eigenvalue weighted by Gasteiger charge is 2.55. The van der Waals surface area contributed by atoms with Crippen LogP contribution in [0.4, 0.5) is 4.39 Å². The number of amides is 3. The zero-order valence-electron chi connectivity index (χ0n) is 23.4. The minimum Gasteiger partial charge on any atom is -0.498 e. The summed E-state index contributed by atoms with van der Waals surface area (Å²) in [4.78, 5) is 43.6. The van der Waals surface area contributed by atoms with Gasteiger partial charge in [-0.05, 0) is 56.9 Å². The first kappa shape index (κ1) is 31.1. The van der Waals surface area contributed by atoms with Crippen LogP contribution >= 0.6 is 12.4 Å². The van der Waals surface area contributed by atoms with Crippen LogP contribution in [0.25, 0.3) is 0 Å². The molecular weight excluding hydrogens is 535 g/mol. The first-order valence-electron chi connectivity index (χ1n) is 13.2. The lowest BCUT2D eigenvalue weighted by Gasteiger charge is -2.48. The van der Waals surface area contributed by atoms with Gasteiger partial charge in [0.15, 0.2) is 0 Å². The number of hydrogen-bond donors (Lipinski definition) is 2. The molecule has 0 radical (unpaired) electrons. The van der Waals surface area contributed by atoms with Gasteiger partial charge in [-0.25, -0.2) is 4.39 Å². The van der Waals surface area contributed by atoms with Gasteiger partial charge in [0, 0.05) is 19.5 Å². The summed E-state index contributed by atoms with van der Waals surface area (Å²) in [5.41, 5.74) is 6.29. The molecule has 0 bridgehead atoms. The van der Waals surface area contributed by atoms with Crippen molar-refractivity contribution in [3.8, 4) is 0 Å². The molecule has 8 nitrogen and oxygen atoms in total. The lowest BCUT2D eigenvalue weighted by molar-refractivity contribution is -0.146. The number of nitrogens with zero attached hydrogens (tertiary/aromatic N) is 2. The van der Waals surface area contributed by atoms with E-state index in [2.05, 4.69) is 5.32 Å². The van der Waals surface area contributed by atoms with E-state index >= 15 is 0 Å². The number of piperazine rings is 1. The Balaban J connectivity index is 0.00000441. The van der Waals surface area contributed by atoms with Crippen molar-refractivity contribution in [1.82, 2.24) is 15.1 Å². The van der Waals surface area contributed by atoms with E-state index in [1.165, 1.54) is 19.2 Å². The molecule has 3 N–H and O–H groups in total. The maximum Gasteiger partial charge on any atom is 0.253 e. The maximum absolute atomic E-state index is 14.0. The van der Waals surface area contributed by atoms with Crippen LogP contribution in [0.15, 0.2) is 65.9 Å². The Hall–Kier alpha value is -3.43. The number of halogens is 2. The Morgan fingerprint density at radius 3 is 2.35 bits per heavy atom. The summed E-state index contributed by atoms with van der Waals surface area (Å²) in [6.45, 7) is 5.71. The van der Waals surface area contributed by atoms with Crippen molar-refractivity contribution in [2.75, 3.05) is 26.7 Å². The first-order chi connectivity index (χ1) is 18.5. The minimum absolute atomic E-state index is 0. The van der Waals surface area contributed by atoms with Crippen LogP contribution in [0.2, 0.25) is 0 Å². The molecule has 0 aromatic heterocycles. The van der Waals surface area contributed by atoms with Gasteiger partial charge in [-0.2, -0.15) is 0 Å². The summed E-state index contributed by atoms with van der Waals surface area (Å²) in [6, 6.07) is 15.1. The molecule has 40 heavy (non-hydrogen) atoms. The van der Waals surface area contributed by atoms with E-state index in [1.54, 1.807) is 42.7 Å². The monoisotopic (exact) mass is 572 g/mol. The van der Waals surface area contributed by atoms with Crippen molar-refractivity contribution >= 4 is 30.1 Å². The summed E-state index contributed by atoms with van der Waals surface area (Å²) in [5.74, 6) is -0.649. The molecule has 2 atom stereocenters. The molecule has 2 aromatic carbocycles. The zero-order valence-corrected chi connectivity index (χ0v) is 24.2. The van der Waals surface area contributed by atoms with Crippen molar-refractivity contribution in [3.63, 3.8) is 0 Å². The lowest BCUT2D eigenvalue weighted by atomic mass is 9.85. The molecule has 4 rings (SSSR count). The smallest absolute Gasteiger partial charge is 0.253 e. The Kier molecular flexibility index (Phi) is 9.64. The number of fused-ring (bicyclic) bond motifs is 1. The summed E-state index contributed by atoms with van der Waals surface area (Å²) < 4.78 is 19.4. The number of carbonyl (C=O) groups is 3. The Morgan fingerprint density at radius 2 is 1.75 bits per heavy atom. The van der Waals surface area contributed by atoms with Crippen molar-refractivity contribution in [2.45, 2.75) is 57.2 Å². The second kappa shape index (κ2) is 12.4. The molecule has 1 fully saturated rings. The molecule has 1 saturated heterocycles. The summed E-state index contributed by atoms with van der Waals surface area (Å²) >= 11 is 0. The van der Waals surface area contributed by atoms with Gasteiger partial charge in [0.25, 0.3) is 5.91 Å². The van der Waals surface area contributed by atoms with Crippen molar-refractivity contribution < 1.29 is 23.5 Å². The molecular formula is C30H38ClFN4O4. The number of rotatable bonds is 9. The Labute approximate surface area is 241 Å². The fourth-order valence-corrected chi connectivity index (χ4v) is 5.53. The van der Waals surface area contributed by atoms with E-state index in [0.717, 1.165) is 11.1 Å². The molecule has 10 heteroatoms. The molecule has 0 aliphatic carbocycles. The molecule has 216 valence electrons. The Bertz CT molecular complexity index is 1260. The Morgan fingerprint density at radius 1 is 1.10 bits per heavy atom. The molecule has 3 amide bonds. The summed E-state index contributed by atoms with van der Waals surface area (Å²) in [7, 11) is 1.52. The van der Waals surface area contributed by atoms with Gasteiger partial charge in [-0.15, -0.1) is 12.4 Å². The highest BCUT2D eigenvalue weighted by Crippen LogP contribution is 2.41. The SMILES string of the molecule is COC1=C(C)C(=O)N2CCN(C(=O)[C@@H](CCc3ccccc3)NC(=O)C(C)(C)N)C[C@@]12Cc1ccc(F)cc1.Cl. The van der Waals surface area contributed by atoms with Crippen LogP contribution in [0.3, 0.4) is 0 Å². The summed E-state index contributed by atoms with van der Waals surface area (Å²) in [5, 5.41) is 2.87. The van der Waals surface area contributed by atoms with Crippen molar-refractivity contribution in [1.29, 1.82) is 0 Å². The molecule has 0 unspecified atom stereocenters. The highest BCUT2D eigenvalue weighted by atomic mass is 35.5. The predicted octanol–water partition coefficient (Wildman–Crippen LogP) is 2.99. The second-order valence-corrected chi connectivity index (χ2v) is 11.0. The zero-order chi connectivity index (χ0) is 28.4. The molecule has 2 heterocycles. The lowest BCUT2D eigenvalue weighted by Crippen LogP contribution is -2.66. The van der Waals surface area contributed by atoms with E-state index in [9.17, 15) is 18.8 Å². The topological polar surface area (TPSA) is 105 Å². The predicted molar refractivity (Wildman–Crippen MR) is 153 cm³/mol. The third-order valence-corrected chi connectivity index (χ3v) is 7.57. The van der Waals surface area contributed by atoms with Gasteiger partial charge in [0.1, 0.15) is 23.2 Å². The molecule has 2 aromatic rings. The van der Waals surface area contributed by atoms with Gasteiger partial charge in [0.05, 0.1) is 24.8 Å². The van der Waals surface area contributed by atoms with Crippen LogP contribution in [0.5, 0.6) is 0 Å². The van der Waals surface area contributed by atoms with E-state index < -0.39 is 23.0 Å². The van der Waals surface area contributed by atoms with E-state index in [-0.39, 0.29) is 36.6 Å². The van der Waals surface area contributed by atoms with Gasteiger partial charge < -0.3 is 25.6 Å². The normalized spacial score (nSPS) is 19.6.